The molecule has 1 unspecified atom stereocenters. The van der Waals surface area contributed by atoms with Crippen molar-refractivity contribution in [2.24, 2.45) is 5.92 Å². The third-order valence-electron chi connectivity index (χ3n) is 5.96. The monoisotopic (exact) mass is 354 g/mol. The van der Waals surface area contributed by atoms with Gasteiger partial charge in [-0.2, -0.15) is 0 Å². The number of benzene rings is 1. The first-order valence-corrected chi connectivity index (χ1v) is 10.3. The minimum absolute atomic E-state index is 0.119. The van der Waals surface area contributed by atoms with E-state index in [1.54, 1.807) is 0 Å². The summed E-state index contributed by atoms with van der Waals surface area (Å²) in [5.74, 6) is 1.87. The van der Waals surface area contributed by atoms with Crippen molar-refractivity contribution in [1.29, 1.82) is 0 Å². The van der Waals surface area contributed by atoms with Gasteiger partial charge in [0, 0.05) is 31.4 Å². The van der Waals surface area contributed by atoms with Crippen molar-refractivity contribution in [3.63, 3.8) is 0 Å². The number of ether oxygens (including phenoxy) is 1. The Balaban J connectivity index is 1.30. The standard InChI is InChI=1S/C22H30N2O2/c25-22(16-18-6-1-2-7-18)24-15-5-8-21(17-24)26-20-11-9-19(10-12-20)23-13-3-4-14-23/h3,9-13,18,21H,1-2,4-8,14-17H2. The van der Waals surface area contributed by atoms with Crippen LogP contribution in [0.3, 0.4) is 0 Å². The smallest absolute Gasteiger partial charge is 0.222 e. The van der Waals surface area contributed by atoms with Crippen LogP contribution in [0.4, 0.5) is 5.69 Å². The lowest BCUT2D eigenvalue weighted by atomic mass is 10.0. The Morgan fingerprint density at radius 3 is 2.58 bits per heavy atom. The third-order valence-corrected chi connectivity index (χ3v) is 5.96. The van der Waals surface area contributed by atoms with Gasteiger partial charge in [0.2, 0.25) is 5.91 Å². The molecule has 1 saturated heterocycles. The number of carbonyl (C=O) groups is 1. The van der Waals surface area contributed by atoms with Crippen molar-refractivity contribution in [3.8, 4) is 5.75 Å². The van der Waals surface area contributed by atoms with Crippen molar-refractivity contribution in [1.82, 2.24) is 4.90 Å². The van der Waals surface area contributed by atoms with Gasteiger partial charge in [-0.1, -0.05) is 18.9 Å². The van der Waals surface area contributed by atoms with E-state index in [-0.39, 0.29) is 6.10 Å². The number of amides is 1. The second kappa shape index (κ2) is 8.15. The summed E-state index contributed by atoms with van der Waals surface area (Å²) >= 11 is 0. The Kier molecular flexibility index (Phi) is 5.47. The maximum Gasteiger partial charge on any atom is 0.222 e. The van der Waals surface area contributed by atoms with Gasteiger partial charge in [0.05, 0.1) is 6.54 Å². The van der Waals surface area contributed by atoms with E-state index in [1.807, 2.05) is 4.90 Å². The fraction of sp³-hybridized carbons (Fsp3) is 0.591. The van der Waals surface area contributed by atoms with Gasteiger partial charge in [-0.15, -0.1) is 0 Å². The fourth-order valence-corrected chi connectivity index (χ4v) is 4.47. The molecular weight excluding hydrogens is 324 g/mol. The zero-order valence-corrected chi connectivity index (χ0v) is 15.6. The van der Waals surface area contributed by atoms with E-state index in [9.17, 15) is 4.79 Å². The largest absolute Gasteiger partial charge is 0.489 e. The molecule has 140 valence electrons. The molecule has 1 aliphatic carbocycles. The maximum absolute atomic E-state index is 12.6. The Morgan fingerprint density at radius 1 is 1.04 bits per heavy atom. The summed E-state index contributed by atoms with van der Waals surface area (Å²) < 4.78 is 6.19. The molecule has 3 aliphatic rings. The minimum Gasteiger partial charge on any atom is -0.489 e. The molecule has 2 fully saturated rings. The molecule has 0 bridgehead atoms. The van der Waals surface area contributed by atoms with E-state index in [2.05, 4.69) is 41.4 Å². The molecule has 0 radical (unpaired) electrons. The lowest BCUT2D eigenvalue weighted by molar-refractivity contribution is -0.134. The minimum atomic E-state index is 0.119. The number of likely N-dealkylation sites (tertiary alicyclic amines) is 1. The van der Waals surface area contributed by atoms with E-state index in [0.717, 1.165) is 51.1 Å². The number of hydrogen-bond acceptors (Lipinski definition) is 3. The molecular formula is C22H30N2O2. The van der Waals surface area contributed by atoms with Gasteiger partial charge in [-0.3, -0.25) is 4.79 Å². The van der Waals surface area contributed by atoms with Crippen LogP contribution in [0.1, 0.15) is 51.4 Å². The predicted molar refractivity (Wildman–Crippen MR) is 104 cm³/mol. The summed E-state index contributed by atoms with van der Waals surface area (Å²) in [6.45, 7) is 2.69. The molecule has 26 heavy (non-hydrogen) atoms. The zero-order valence-electron chi connectivity index (χ0n) is 15.6. The lowest BCUT2D eigenvalue weighted by Crippen LogP contribution is -2.44. The zero-order chi connectivity index (χ0) is 17.8. The highest BCUT2D eigenvalue weighted by atomic mass is 16.5. The third kappa shape index (κ3) is 4.22. The quantitative estimate of drug-likeness (QED) is 0.787. The number of carbonyl (C=O) groups excluding carboxylic acids is 1. The normalized spacial score (nSPS) is 23.6. The maximum atomic E-state index is 12.6. The SMILES string of the molecule is O=C(CC1CCCC1)N1CCCC(Oc2ccc(N3C=CCC3)cc2)C1. The van der Waals surface area contributed by atoms with Crippen LogP contribution in [0.25, 0.3) is 0 Å². The van der Waals surface area contributed by atoms with Crippen LogP contribution in [0.15, 0.2) is 36.5 Å². The molecule has 2 heterocycles. The molecule has 4 heteroatoms. The molecule has 2 aliphatic heterocycles. The van der Waals surface area contributed by atoms with Crippen LogP contribution in [0.2, 0.25) is 0 Å². The van der Waals surface area contributed by atoms with Crippen molar-refractivity contribution < 1.29 is 9.53 Å². The highest BCUT2D eigenvalue weighted by molar-refractivity contribution is 5.76. The van der Waals surface area contributed by atoms with Gasteiger partial charge < -0.3 is 14.5 Å². The van der Waals surface area contributed by atoms with Gasteiger partial charge >= 0.3 is 0 Å². The van der Waals surface area contributed by atoms with E-state index in [4.69, 9.17) is 4.74 Å². The average Bonchev–Trinajstić information content (AvgIpc) is 3.36. The number of nitrogens with zero attached hydrogens (tertiary/aromatic N) is 2. The number of piperidine rings is 1. The van der Waals surface area contributed by atoms with Crippen LogP contribution in [-0.4, -0.2) is 36.5 Å². The molecule has 1 saturated carbocycles. The number of anilines is 1. The molecule has 4 nitrogen and oxygen atoms in total. The van der Waals surface area contributed by atoms with E-state index in [0.29, 0.717) is 11.8 Å². The highest BCUT2D eigenvalue weighted by Crippen LogP contribution is 2.29. The lowest BCUT2D eigenvalue weighted by Gasteiger charge is -2.33. The Hall–Kier alpha value is -1.97. The van der Waals surface area contributed by atoms with Crippen molar-refractivity contribution in [2.75, 3.05) is 24.5 Å². The summed E-state index contributed by atoms with van der Waals surface area (Å²) in [6, 6.07) is 8.36. The second-order valence-corrected chi connectivity index (χ2v) is 7.94. The predicted octanol–water partition coefficient (Wildman–Crippen LogP) is 4.36. The first-order valence-electron chi connectivity index (χ1n) is 10.3. The molecule has 0 N–H and O–H groups in total. The summed E-state index contributed by atoms with van der Waals surface area (Å²) in [7, 11) is 0. The summed E-state index contributed by atoms with van der Waals surface area (Å²) in [5.41, 5.74) is 1.21. The van der Waals surface area contributed by atoms with E-state index < -0.39 is 0 Å². The van der Waals surface area contributed by atoms with Crippen molar-refractivity contribution in [3.05, 3.63) is 36.5 Å². The summed E-state index contributed by atoms with van der Waals surface area (Å²) in [5, 5.41) is 0. The average molecular weight is 354 g/mol. The van der Waals surface area contributed by atoms with Crippen LogP contribution >= 0.6 is 0 Å². The highest BCUT2D eigenvalue weighted by Gasteiger charge is 2.27. The molecule has 1 atom stereocenters. The van der Waals surface area contributed by atoms with Crippen LogP contribution < -0.4 is 9.64 Å². The van der Waals surface area contributed by atoms with E-state index >= 15 is 0 Å². The first-order chi connectivity index (χ1) is 12.8. The Morgan fingerprint density at radius 2 is 1.85 bits per heavy atom. The molecule has 1 amide bonds. The van der Waals surface area contributed by atoms with Crippen molar-refractivity contribution >= 4 is 11.6 Å². The topological polar surface area (TPSA) is 32.8 Å². The molecule has 0 spiro atoms. The van der Waals surface area contributed by atoms with Gasteiger partial charge in [0.15, 0.2) is 0 Å². The fourth-order valence-electron chi connectivity index (χ4n) is 4.47. The van der Waals surface area contributed by atoms with E-state index in [1.165, 1.54) is 31.4 Å². The van der Waals surface area contributed by atoms with Crippen LogP contribution in [-0.2, 0) is 4.79 Å². The Labute approximate surface area is 156 Å². The second-order valence-electron chi connectivity index (χ2n) is 7.94. The molecule has 0 aromatic heterocycles. The van der Waals surface area contributed by atoms with Gasteiger partial charge in [-0.25, -0.2) is 0 Å². The number of rotatable bonds is 5. The molecule has 1 aromatic rings. The van der Waals surface area contributed by atoms with Crippen molar-refractivity contribution in [2.45, 2.75) is 57.5 Å². The van der Waals surface area contributed by atoms with Crippen LogP contribution in [0.5, 0.6) is 5.75 Å². The Bertz CT molecular complexity index is 634. The van der Waals surface area contributed by atoms with Gasteiger partial charge in [-0.05, 0) is 62.3 Å². The summed E-state index contributed by atoms with van der Waals surface area (Å²) in [4.78, 5) is 16.9. The first kappa shape index (κ1) is 17.4. The van der Waals surface area contributed by atoms with Crippen LogP contribution in [0, 0.1) is 5.92 Å². The molecule has 1 aromatic carbocycles. The molecule has 4 rings (SSSR count). The number of hydrogen-bond donors (Lipinski definition) is 0. The van der Waals surface area contributed by atoms with Gasteiger partial charge in [0.25, 0.3) is 0 Å². The van der Waals surface area contributed by atoms with Gasteiger partial charge in [0.1, 0.15) is 11.9 Å². The summed E-state index contributed by atoms with van der Waals surface area (Å²) in [6.07, 6.45) is 13.5.